The number of para-hydroxylation sites is 1. The molecule has 4 rings (SSSR count). The maximum absolute atomic E-state index is 13.2. The van der Waals surface area contributed by atoms with Crippen LogP contribution in [0, 0.1) is 0 Å². The number of carbonyl (C=O) groups excluding carboxylic acids is 1. The van der Waals surface area contributed by atoms with Gasteiger partial charge >= 0.3 is 0 Å². The first-order chi connectivity index (χ1) is 16.6. The summed E-state index contributed by atoms with van der Waals surface area (Å²) in [6.07, 6.45) is 8.60. The second kappa shape index (κ2) is 11.9. The molecule has 1 aromatic heterocycles. The normalized spacial score (nSPS) is 13.5. The topological polar surface area (TPSA) is 73.2 Å². The number of fused-ring (bicyclic) bond motifs is 1. The molecule has 34 heavy (non-hydrogen) atoms. The highest BCUT2D eigenvalue weighted by molar-refractivity contribution is 7.99. The highest BCUT2D eigenvalue weighted by Crippen LogP contribution is 2.23. The van der Waals surface area contributed by atoms with Crippen LogP contribution in [0.15, 0.2) is 70.1 Å². The van der Waals surface area contributed by atoms with Gasteiger partial charge in [-0.25, -0.2) is 4.98 Å². The number of aromatic nitrogens is 2. The lowest BCUT2D eigenvalue weighted by Crippen LogP contribution is -2.28. The number of amides is 1. The number of rotatable bonds is 10. The van der Waals surface area contributed by atoms with Crippen molar-refractivity contribution in [2.75, 3.05) is 19.4 Å². The van der Waals surface area contributed by atoms with Crippen LogP contribution in [0.1, 0.15) is 37.7 Å². The predicted molar refractivity (Wildman–Crippen MR) is 138 cm³/mol. The van der Waals surface area contributed by atoms with E-state index in [0.29, 0.717) is 29.1 Å². The Hall–Kier alpha value is -3.06. The molecule has 0 unspecified atom stereocenters. The van der Waals surface area contributed by atoms with Crippen molar-refractivity contribution >= 4 is 28.6 Å². The summed E-state index contributed by atoms with van der Waals surface area (Å²) in [6.45, 7) is 1.14. The molecule has 1 heterocycles. The van der Waals surface area contributed by atoms with Crippen molar-refractivity contribution in [1.82, 2.24) is 14.9 Å². The first-order valence-corrected chi connectivity index (χ1v) is 12.8. The summed E-state index contributed by atoms with van der Waals surface area (Å²) in [5.41, 5.74) is 3.18. The second-order valence-electron chi connectivity index (χ2n) is 8.46. The number of hydrogen-bond donors (Lipinski definition) is 1. The summed E-state index contributed by atoms with van der Waals surface area (Å²) in [6, 6.07) is 15.3. The average molecular weight is 478 g/mol. The Bertz CT molecular complexity index is 1220. The van der Waals surface area contributed by atoms with Crippen LogP contribution in [0.4, 0.5) is 0 Å². The summed E-state index contributed by atoms with van der Waals surface area (Å²) < 4.78 is 6.92. The fourth-order valence-electron chi connectivity index (χ4n) is 4.16. The molecule has 0 saturated carbocycles. The van der Waals surface area contributed by atoms with Gasteiger partial charge in [-0.3, -0.25) is 14.2 Å². The molecule has 0 spiro atoms. The van der Waals surface area contributed by atoms with Crippen LogP contribution in [-0.2, 0) is 17.8 Å². The summed E-state index contributed by atoms with van der Waals surface area (Å²) in [4.78, 5) is 30.4. The molecule has 1 N–H and O–H groups in total. The smallest absolute Gasteiger partial charge is 0.262 e. The number of methoxy groups -OCH3 is 1. The van der Waals surface area contributed by atoms with Crippen molar-refractivity contribution < 1.29 is 9.53 Å². The van der Waals surface area contributed by atoms with Crippen molar-refractivity contribution in [3.05, 3.63) is 76.1 Å². The van der Waals surface area contributed by atoms with Gasteiger partial charge in [-0.2, -0.15) is 0 Å². The maximum Gasteiger partial charge on any atom is 0.262 e. The Balaban J connectivity index is 1.39. The zero-order chi connectivity index (χ0) is 23.8. The highest BCUT2D eigenvalue weighted by atomic mass is 32.2. The van der Waals surface area contributed by atoms with Crippen molar-refractivity contribution in [2.45, 2.75) is 50.2 Å². The van der Waals surface area contributed by atoms with Crippen LogP contribution < -0.4 is 15.6 Å². The first kappa shape index (κ1) is 24.1. The third-order valence-corrected chi connectivity index (χ3v) is 7.07. The van der Waals surface area contributed by atoms with E-state index in [4.69, 9.17) is 9.72 Å². The third kappa shape index (κ3) is 6.29. The molecule has 0 fully saturated rings. The fraction of sp³-hybridized carbons (Fsp3) is 0.370. The number of nitrogens with zero attached hydrogens (tertiary/aromatic N) is 2. The Morgan fingerprint density at radius 1 is 1.12 bits per heavy atom. The minimum Gasteiger partial charge on any atom is -0.497 e. The van der Waals surface area contributed by atoms with E-state index in [0.717, 1.165) is 37.0 Å². The van der Waals surface area contributed by atoms with Gasteiger partial charge in [-0.15, -0.1) is 0 Å². The quantitative estimate of drug-likeness (QED) is 0.259. The molecule has 3 aromatic rings. The number of carbonyl (C=O) groups is 1. The largest absolute Gasteiger partial charge is 0.497 e. The zero-order valence-electron chi connectivity index (χ0n) is 19.6. The molecule has 6 nitrogen and oxygen atoms in total. The molecule has 0 bridgehead atoms. The summed E-state index contributed by atoms with van der Waals surface area (Å²) >= 11 is 1.33. The van der Waals surface area contributed by atoms with Gasteiger partial charge in [-0.05, 0) is 68.4 Å². The van der Waals surface area contributed by atoms with E-state index in [1.165, 1.54) is 30.2 Å². The highest BCUT2D eigenvalue weighted by Gasteiger charge is 2.14. The van der Waals surface area contributed by atoms with E-state index in [-0.39, 0.29) is 17.2 Å². The molecule has 7 heteroatoms. The lowest BCUT2D eigenvalue weighted by Gasteiger charge is -2.16. The maximum atomic E-state index is 13.2. The van der Waals surface area contributed by atoms with Gasteiger partial charge in [0.05, 0.1) is 23.8 Å². The molecule has 1 amide bonds. The molecule has 1 aliphatic rings. The fourth-order valence-corrected chi connectivity index (χ4v) is 5.02. The lowest BCUT2D eigenvalue weighted by atomic mass is 9.97. The van der Waals surface area contributed by atoms with Crippen LogP contribution in [0.5, 0.6) is 5.75 Å². The molecule has 178 valence electrons. The molecular weight excluding hydrogens is 446 g/mol. The molecule has 0 atom stereocenters. The van der Waals surface area contributed by atoms with Crippen LogP contribution >= 0.6 is 11.8 Å². The molecule has 0 radical (unpaired) electrons. The molecule has 1 aliphatic carbocycles. The van der Waals surface area contributed by atoms with Crippen molar-refractivity contribution in [2.24, 2.45) is 0 Å². The van der Waals surface area contributed by atoms with Crippen molar-refractivity contribution in [1.29, 1.82) is 0 Å². The van der Waals surface area contributed by atoms with Crippen molar-refractivity contribution in [3.63, 3.8) is 0 Å². The number of benzene rings is 2. The van der Waals surface area contributed by atoms with E-state index in [9.17, 15) is 9.59 Å². The minimum absolute atomic E-state index is 0.0376. The monoisotopic (exact) mass is 477 g/mol. The van der Waals surface area contributed by atoms with E-state index in [1.54, 1.807) is 11.7 Å². The van der Waals surface area contributed by atoms with Crippen molar-refractivity contribution in [3.8, 4) is 5.75 Å². The van der Waals surface area contributed by atoms with Gasteiger partial charge in [-0.1, -0.05) is 47.7 Å². The van der Waals surface area contributed by atoms with Gasteiger partial charge in [0.25, 0.3) is 5.56 Å². The van der Waals surface area contributed by atoms with E-state index >= 15 is 0 Å². The predicted octanol–water partition coefficient (Wildman–Crippen LogP) is 4.75. The summed E-state index contributed by atoms with van der Waals surface area (Å²) in [7, 11) is 1.64. The van der Waals surface area contributed by atoms with Gasteiger partial charge in [0, 0.05) is 13.1 Å². The summed E-state index contributed by atoms with van der Waals surface area (Å²) in [5, 5.41) is 4.19. The molecule has 0 saturated heterocycles. The number of allylic oxidation sites excluding steroid dienone is 2. The van der Waals surface area contributed by atoms with Crippen LogP contribution in [-0.4, -0.2) is 34.9 Å². The van der Waals surface area contributed by atoms with E-state index in [1.807, 2.05) is 48.5 Å². The minimum atomic E-state index is -0.0672. The van der Waals surface area contributed by atoms with Gasteiger partial charge in [0.1, 0.15) is 5.75 Å². The zero-order valence-corrected chi connectivity index (χ0v) is 20.4. The standard InChI is InChI=1S/C27H31N3O3S/c1-33-22-13-11-21(12-14-22)15-17-28-25(31)19-34-27-29-24-10-6-5-9-23(24)26(32)30(27)18-16-20-7-3-2-4-8-20/h5-7,9-14H,2-4,8,15-19H2,1H3,(H,28,31). The van der Waals surface area contributed by atoms with Crippen LogP contribution in [0.3, 0.4) is 0 Å². The lowest BCUT2D eigenvalue weighted by molar-refractivity contribution is -0.118. The molecule has 0 aliphatic heterocycles. The number of ether oxygens (including phenoxy) is 1. The van der Waals surface area contributed by atoms with Crippen LogP contribution in [0.25, 0.3) is 10.9 Å². The Labute approximate surface area is 204 Å². The number of nitrogens with one attached hydrogen (secondary N) is 1. The Morgan fingerprint density at radius 2 is 1.94 bits per heavy atom. The number of thioether (sulfide) groups is 1. The molecule has 2 aromatic carbocycles. The second-order valence-corrected chi connectivity index (χ2v) is 9.41. The van der Waals surface area contributed by atoms with Gasteiger partial charge in [0.15, 0.2) is 5.16 Å². The van der Waals surface area contributed by atoms with Crippen LogP contribution in [0.2, 0.25) is 0 Å². The van der Waals surface area contributed by atoms with E-state index in [2.05, 4.69) is 11.4 Å². The molecular formula is C27H31N3O3S. The number of hydrogen-bond acceptors (Lipinski definition) is 5. The average Bonchev–Trinajstić information content (AvgIpc) is 2.88. The van der Waals surface area contributed by atoms with Gasteiger partial charge < -0.3 is 10.1 Å². The van der Waals surface area contributed by atoms with E-state index < -0.39 is 0 Å². The first-order valence-electron chi connectivity index (χ1n) is 11.8. The van der Waals surface area contributed by atoms with Gasteiger partial charge in [0.2, 0.25) is 5.91 Å². The summed E-state index contributed by atoms with van der Waals surface area (Å²) in [5.74, 6) is 0.969. The SMILES string of the molecule is COc1ccc(CCNC(=O)CSc2nc3ccccc3c(=O)n2CCC2=CCCCC2)cc1. The Morgan fingerprint density at radius 3 is 2.71 bits per heavy atom. The Kier molecular flexibility index (Phi) is 8.41. The third-order valence-electron chi connectivity index (χ3n) is 6.10.